The summed E-state index contributed by atoms with van der Waals surface area (Å²) in [7, 11) is 0. The summed E-state index contributed by atoms with van der Waals surface area (Å²) in [6.45, 7) is 4.98. The molecule has 0 aliphatic heterocycles. The fraction of sp³-hybridized carbons (Fsp3) is 0.538. The Labute approximate surface area is 110 Å². The molecule has 1 rings (SSSR count). The molecule has 0 radical (unpaired) electrons. The van der Waals surface area contributed by atoms with Gasteiger partial charge in [0.2, 0.25) is 0 Å². The first-order valence-electron chi connectivity index (χ1n) is 5.82. The molecule has 4 heteroatoms. The van der Waals surface area contributed by atoms with Crippen LogP contribution >= 0.6 is 15.9 Å². The topological polar surface area (TPSA) is 32.3 Å². The third kappa shape index (κ3) is 4.74. The van der Waals surface area contributed by atoms with Crippen molar-refractivity contribution in [2.45, 2.75) is 32.9 Å². The van der Waals surface area contributed by atoms with Gasteiger partial charge in [0.05, 0.1) is 0 Å². The molecule has 1 atom stereocenters. The molecule has 0 aliphatic rings. The molecule has 1 aromatic carbocycles. The fourth-order valence-electron chi connectivity index (χ4n) is 1.73. The van der Waals surface area contributed by atoms with Crippen molar-refractivity contribution in [3.05, 3.63) is 34.1 Å². The maximum absolute atomic E-state index is 13.1. The van der Waals surface area contributed by atoms with Gasteiger partial charge in [-0.3, -0.25) is 0 Å². The molecule has 2 N–H and O–H groups in total. The van der Waals surface area contributed by atoms with E-state index in [9.17, 15) is 4.39 Å². The van der Waals surface area contributed by atoms with Crippen LogP contribution in [0.3, 0.4) is 0 Å². The number of hydrogen-bond donors (Lipinski definition) is 2. The maximum atomic E-state index is 13.1. The van der Waals surface area contributed by atoms with Gasteiger partial charge in [-0.15, -0.1) is 0 Å². The van der Waals surface area contributed by atoms with Crippen LogP contribution in [0.1, 0.15) is 25.8 Å². The van der Waals surface area contributed by atoms with E-state index in [2.05, 4.69) is 35.1 Å². The van der Waals surface area contributed by atoms with E-state index in [1.807, 2.05) is 0 Å². The molecule has 0 amide bonds. The Kier molecular flexibility index (Phi) is 6.09. The van der Waals surface area contributed by atoms with Crippen LogP contribution in [0.4, 0.5) is 4.39 Å². The van der Waals surface area contributed by atoms with Crippen molar-refractivity contribution in [2.24, 2.45) is 5.92 Å². The van der Waals surface area contributed by atoms with Crippen molar-refractivity contribution in [1.82, 2.24) is 5.32 Å². The molecule has 0 aliphatic carbocycles. The lowest BCUT2D eigenvalue weighted by Crippen LogP contribution is -2.34. The highest BCUT2D eigenvalue weighted by Gasteiger charge is 2.12. The van der Waals surface area contributed by atoms with Crippen LogP contribution in [-0.4, -0.2) is 17.8 Å². The molecule has 96 valence electrons. The predicted molar refractivity (Wildman–Crippen MR) is 71.3 cm³/mol. The van der Waals surface area contributed by atoms with Crippen LogP contribution in [0.25, 0.3) is 0 Å². The van der Waals surface area contributed by atoms with Gasteiger partial charge in [-0.25, -0.2) is 4.39 Å². The third-order valence-corrected chi connectivity index (χ3v) is 3.58. The Morgan fingerprint density at radius 1 is 1.41 bits per heavy atom. The molecule has 1 unspecified atom stereocenters. The first-order chi connectivity index (χ1) is 8.04. The van der Waals surface area contributed by atoms with E-state index in [0.29, 0.717) is 18.9 Å². The van der Waals surface area contributed by atoms with Crippen LogP contribution < -0.4 is 5.32 Å². The van der Waals surface area contributed by atoms with Gasteiger partial charge < -0.3 is 10.4 Å². The highest BCUT2D eigenvalue weighted by molar-refractivity contribution is 9.10. The van der Waals surface area contributed by atoms with E-state index < -0.39 is 0 Å². The first-order valence-corrected chi connectivity index (χ1v) is 6.62. The Balaban J connectivity index is 2.61. The zero-order valence-corrected chi connectivity index (χ0v) is 11.8. The Bertz CT molecular complexity index is 357. The molecule has 0 fully saturated rings. The monoisotopic (exact) mass is 303 g/mol. The minimum atomic E-state index is -0.228. The molecule has 1 aromatic rings. The summed E-state index contributed by atoms with van der Waals surface area (Å²) in [4.78, 5) is 0. The van der Waals surface area contributed by atoms with E-state index in [-0.39, 0.29) is 18.5 Å². The fourth-order valence-corrected chi connectivity index (χ4v) is 2.12. The van der Waals surface area contributed by atoms with Gasteiger partial charge >= 0.3 is 0 Å². The van der Waals surface area contributed by atoms with E-state index in [4.69, 9.17) is 5.11 Å². The van der Waals surface area contributed by atoms with Crippen molar-refractivity contribution in [1.29, 1.82) is 0 Å². The summed E-state index contributed by atoms with van der Waals surface area (Å²) in [6.07, 6.45) is 0.713. The quantitative estimate of drug-likeness (QED) is 0.846. The molecule has 2 nitrogen and oxygen atoms in total. The standard InChI is InChI=1S/C13H19BrFNO/c1-9(2)13(5-6-17)16-8-10-7-11(15)3-4-12(10)14/h3-4,7,9,13,16-17H,5-6,8H2,1-2H3. The molecule has 0 spiro atoms. The average Bonchev–Trinajstić information content (AvgIpc) is 2.28. The number of benzene rings is 1. The van der Waals surface area contributed by atoms with Gasteiger partial charge in [-0.2, -0.15) is 0 Å². The maximum Gasteiger partial charge on any atom is 0.123 e. The second-order valence-corrected chi connectivity index (χ2v) is 5.33. The summed E-state index contributed by atoms with van der Waals surface area (Å²) in [5.74, 6) is 0.211. The van der Waals surface area contributed by atoms with Gasteiger partial charge in [0.25, 0.3) is 0 Å². The molecular formula is C13H19BrFNO. The Morgan fingerprint density at radius 2 is 2.12 bits per heavy atom. The van der Waals surface area contributed by atoms with Gasteiger partial charge in [0, 0.05) is 23.7 Å². The summed E-state index contributed by atoms with van der Waals surface area (Å²) in [6, 6.07) is 4.91. The van der Waals surface area contributed by atoms with Gasteiger partial charge in [-0.05, 0) is 36.1 Å². The SMILES string of the molecule is CC(C)C(CCO)NCc1cc(F)ccc1Br. The van der Waals surface area contributed by atoms with Gasteiger partial charge in [0.15, 0.2) is 0 Å². The van der Waals surface area contributed by atoms with Crippen LogP contribution in [0.2, 0.25) is 0 Å². The molecule has 17 heavy (non-hydrogen) atoms. The first kappa shape index (κ1) is 14.6. The van der Waals surface area contributed by atoms with Crippen LogP contribution in [-0.2, 0) is 6.54 Å². The summed E-state index contributed by atoms with van der Waals surface area (Å²) in [5.41, 5.74) is 0.897. The van der Waals surface area contributed by atoms with Crippen molar-refractivity contribution in [3.8, 4) is 0 Å². The van der Waals surface area contributed by atoms with Gasteiger partial charge in [0.1, 0.15) is 5.82 Å². The van der Waals surface area contributed by atoms with Crippen LogP contribution in [0, 0.1) is 11.7 Å². The zero-order chi connectivity index (χ0) is 12.8. The Hall–Kier alpha value is -0.450. The van der Waals surface area contributed by atoms with Crippen molar-refractivity contribution in [2.75, 3.05) is 6.61 Å². The average molecular weight is 304 g/mol. The Morgan fingerprint density at radius 3 is 2.71 bits per heavy atom. The molecular weight excluding hydrogens is 285 g/mol. The second kappa shape index (κ2) is 7.09. The van der Waals surface area contributed by atoms with E-state index in [1.165, 1.54) is 12.1 Å². The summed E-state index contributed by atoms with van der Waals surface area (Å²) in [5, 5.41) is 12.3. The summed E-state index contributed by atoms with van der Waals surface area (Å²) >= 11 is 3.40. The second-order valence-electron chi connectivity index (χ2n) is 4.48. The van der Waals surface area contributed by atoms with Gasteiger partial charge in [-0.1, -0.05) is 29.8 Å². The van der Waals surface area contributed by atoms with E-state index >= 15 is 0 Å². The molecule has 0 saturated heterocycles. The minimum absolute atomic E-state index is 0.167. The lowest BCUT2D eigenvalue weighted by Gasteiger charge is -2.22. The molecule has 0 saturated carbocycles. The smallest absolute Gasteiger partial charge is 0.123 e. The normalized spacial score (nSPS) is 13.1. The zero-order valence-electron chi connectivity index (χ0n) is 10.2. The largest absolute Gasteiger partial charge is 0.396 e. The van der Waals surface area contributed by atoms with E-state index in [0.717, 1.165) is 10.0 Å². The highest BCUT2D eigenvalue weighted by atomic mass is 79.9. The van der Waals surface area contributed by atoms with Crippen LogP contribution in [0.5, 0.6) is 0 Å². The van der Waals surface area contributed by atoms with Crippen molar-refractivity contribution >= 4 is 15.9 Å². The van der Waals surface area contributed by atoms with Crippen LogP contribution in [0.15, 0.2) is 22.7 Å². The number of aliphatic hydroxyl groups is 1. The number of hydrogen-bond acceptors (Lipinski definition) is 2. The molecule has 0 heterocycles. The molecule has 0 bridgehead atoms. The minimum Gasteiger partial charge on any atom is -0.396 e. The number of nitrogens with one attached hydrogen (secondary N) is 1. The number of halogens is 2. The lowest BCUT2D eigenvalue weighted by atomic mass is 10.0. The lowest BCUT2D eigenvalue weighted by molar-refractivity contribution is 0.243. The third-order valence-electron chi connectivity index (χ3n) is 2.81. The predicted octanol–water partition coefficient (Wildman–Crippen LogP) is 3.08. The number of rotatable bonds is 6. The number of aliphatic hydroxyl groups excluding tert-OH is 1. The highest BCUT2D eigenvalue weighted by Crippen LogP contribution is 2.18. The molecule has 0 aromatic heterocycles. The van der Waals surface area contributed by atoms with Crippen molar-refractivity contribution < 1.29 is 9.50 Å². The van der Waals surface area contributed by atoms with E-state index in [1.54, 1.807) is 6.07 Å². The summed E-state index contributed by atoms with van der Waals surface area (Å²) < 4.78 is 14.0. The van der Waals surface area contributed by atoms with Crippen molar-refractivity contribution in [3.63, 3.8) is 0 Å².